The normalized spacial score (nSPS) is 18.2. The lowest BCUT2D eigenvalue weighted by Gasteiger charge is -2.37. The fourth-order valence-electron chi connectivity index (χ4n) is 4.58. The van der Waals surface area contributed by atoms with Crippen molar-refractivity contribution in [3.63, 3.8) is 0 Å². The molecule has 0 aliphatic carbocycles. The number of hydrogen-bond donors (Lipinski definition) is 1. The van der Waals surface area contributed by atoms with Crippen LogP contribution in [0.5, 0.6) is 0 Å². The van der Waals surface area contributed by atoms with E-state index in [1.807, 2.05) is 23.1 Å². The summed E-state index contributed by atoms with van der Waals surface area (Å²) in [5.74, 6) is 0.613. The molecule has 160 valence electrons. The van der Waals surface area contributed by atoms with Gasteiger partial charge in [-0.15, -0.1) is 0 Å². The first-order chi connectivity index (χ1) is 15.1. The number of benzene rings is 2. The maximum absolute atomic E-state index is 13.3. The minimum atomic E-state index is -0.140. The SMILES string of the molecule is Cc1ccc([C@H](C[NH+]2CCOCC2)N2Cc3nc4ccccc4c(=O)n3CC2=O)cc1. The van der Waals surface area contributed by atoms with Gasteiger partial charge < -0.3 is 14.5 Å². The van der Waals surface area contributed by atoms with Gasteiger partial charge in [-0.05, 0) is 24.6 Å². The fourth-order valence-corrected chi connectivity index (χ4v) is 4.58. The zero-order valence-electron chi connectivity index (χ0n) is 17.7. The number of morpholine rings is 1. The third-order valence-electron chi connectivity index (χ3n) is 6.39. The third-order valence-corrected chi connectivity index (χ3v) is 6.39. The molecule has 3 aromatic rings. The Kier molecular flexibility index (Phi) is 5.29. The van der Waals surface area contributed by atoms with Gasteiger partial charge in [0.25, 0.3) is 5.56 Å². The Balaban J connectivity index is 1.52. The molecule has 1 fully saturated rings. The lowest BCUT2D eigenvalue weighted by atomic mass is 10.0. The first kappa shape index (κ1) is 19.9. The van der Waals surface area contributed by atoms with Crippen molar-refractivity contribution in [1.29, 1.82) is 0 Å². The van der Waals surface area contributed by atoms with E-state index in [9.17, 15) is 9.59 Å². The van der Waals surface area contributed by atoms with Crippen LogP contribution in [0.1, 0.15) is 23.0 Å². The van der Waals surface area contributed by atoms with E-state index < -0.39 is 0 Å². The second kappa shape index (κ2) is 8.24. The Morgan fingerprint density at radius 1 is 1.03 bits per heavy atom. The summed E-state index contributed by atoms with van der Waals surface area (Å²) in [6, 6.07) is 15.7. The van der Waals surface area contributed by atoms with E-state index in [2.05, 4.69) is 31.2 Å². The number of para-hydroxylation sites is 1. The first-order valence-corrected chi connectivity index (χ1v) is 10.9. The number of aryl methyl sites for hydroxylation is 1. The number of rotatable bonds is 4. The molecule has 7 nitrogen and oxygen atoms in total. The van der Waals surface area contributed by atoms with Crippen LogP contribution in [0.15, 0.2) is 53.3 Å². The molecule has 0 saturated carbocycles. The summed E-state index contributed by atoms with van der Waals surface area (Å²) in [5.41, 5.74) is 2.85. The number of hydrogen-bond acceptors (Lipinski definition) is 4. The molecule has 1 aromatic heterocycles. The van der Waals surface area contributed by atoms with Gasteiger partial charge in [-0.1, -0.05) is 42.0 Å². The van der Waals surface area contributed by atoms with Crippen molar-refractivity contribution in [2.45, 2.75) is 26.1 Å². The van der Waals surface area contributed by atoms with Crippen LogP contribution in [0, 0.1) is 6.92 Å². The summed E-state index contributed by atoms with van der Waals surface area (Å²) in [5, 5.41) is 0.556. The maximum atomic E-state index is 13.3. The molecule has 7 heteroatoms. The number of amides is 1. The topological polar surface area (TPSA) is 68.9 Å². The summed E-state index contributed by atoms with van der Waals surface area (Å²) < 4.78 is 7.06. The predicted octanol–water partition coefficient (Wildman–Crippen LogP) is 0.704. The maximum Gasteiger partial charge on any atom is 0.261 e. The van der Waals surface area contributed by atoms with Crippen molar-refractivity contribution in [1.82, 2.24) is 14.5 Å². The highest BCUT2D eigenvalue weighted by atomic mass is 16.5. The molecular weight excluding hydrogens is 392 g/mol. The minimum absolute atomic E-state index is 0.0345. The lowest BCUT2D eigenvalue weighted by molar-refractivity contribution is -0.910. The second-order valence-corrected chi connectivity index (χ2v) is 8.45. The van der Waals surface area contributed by atoms with Gasteiger partial charge in [0.15, 0.2) is 0 Å². The van der Waals surface area contributed by atoms with Crippen molar-refractivity contribution >= 4 is 16.8 Å². The van der Waals surface area contributed by atoms with Gasteiger partial charge in [-0.2, -0.15) is 0 Å². The van der Waals surface area contributed by atoms with Crippen LogP contribution in [0.2, 0.25) is 0 Å². The highest BCUT2D eigenvalue weighted by Gasteiger charge is 2.34. The van der Waals surface area contributed by atoms with Gasteiger partial charge in [0, 0.05) is 0 Å². The number of quaternary nitrogens is 1. The third kappa shape index (κ3) is 3.86. The van der Waals surface area contributed by atoms with E-state index in [4.69, 9.17) is 9.72 Å². The molecule has 2 aliphatic heterocycles. The number of nitrogens with zero attached hydrogens (tertiary/aromatic N) is 3. The smallest absolute Gasteiger partial charge is 0.261 e. The summed E-state index contributed by atoms with van der Waals surface area (Å²) in [4.78, 5) is 34.3. The Labute approximate surface area is 180 Å². The fraction of sp³-hybridized carbons (Fsp3) is 0.375. The van der Waals surface area contributed by atoms with Crippen LogP contribution in [-0.4, -0.2) is 53.2 Å². The van der Waals surface area contributed by atoms with Crippen LogP contribution in [0.4, 0.5) is 0 Å². The molecule has 0 radical (unpaired) electrons. The molecule has 5 rings (SSSR count). The number of carbonyl (C=O) groups is 1. The first-order valence-electron chi connectivity index (χ1n) is 10.9. The molecule has 0 spiro atoms. The molecule has 1 saturated heterocycles. The van der Waals surface area contributed by atoms with Crippen molar-refractivity contribution in [2.75, 3.05) is 32.8 Å². The monoisotopic (exact) mass is 419 g/mol. The van der Waals surface area contributed by atoms with Crippen LogP contribution < -0.4 is 10.5 Å². The molecule has 3 heterocycles. The van der Waals surface area contributed by atoms with Crippen molar-refractivity contribution in [3.8, 4) is 0 Å². The van der Waals surface area contributed by atoms with E-state index >= 15 is 0 Å². The number of fused-ring (bicyclic) bond motifs is 2. The molecule has 0 bridgehead atoms. The molecule has 31 heavy (non-hydrogen) atoms. The molecule has 1 atom stereocenters. The Bertz CT molecular complexity index is 1170. The molecular formula is C24H27N4O3+. The second-order valence-electron chi connectivity index (χ2n) is 8.45. The highest BCUT2D eigenvalue weighted by Crippen LogP contribution is 2.25. The number of aromatic nitrogens is 2. The molecule has 2 aliphatic rings. The summed E-state index contributed by atoms with van der Waals surface area (Å²) >= 11 is 0. The zero-order chi connectivity index (χ0) is 21.4. The summed E-state index contributed by atoms with van der Waals surface area (Å²) in [6.07, 6.45) is 0. The standard InChI is InChI=1S/C24H26N4O3/c1-17-6-8-18(9-7-17)21(14-26-10-12-31-13-11-26)27-15-22-25-20-5-3-2-4-19(20)24(30)28(22)16-23(27)29/h2-9,21H,10-16H2,1H3/p+1/t21-/m0/s1. The lowest BCUT2D eigenvalue weighted by Crippen LogP contribution is -3.14. The quantitative estimate of drug-likeness (QED) is 0.676. The van der Waals surface area contributed by atoms with Gasteiger partial charge in [0.05, 0.1) is 30.7 Å². The van der Waals surface area contributed by atoms with Gasteiger partial charge >= 0.3 is 0 Å². The van der Waals surface area contributed by atoms with Gasteiger partial charge in [-0.25, -0.2) is 4.98 Å². The van der Waals surface area contributed by atoms with E-state index in [1.165, 1.54) is 15.0 Å². The predicted molar refractivity (Wildman–Crippen MR) is 117 cm³/mol. The van der Waals surface area contributed by atoms with Crippen molar-refractivity contribution in [3.05, 3.63) is 75.8 Å². The Hall–Kier alpha value is -3.03. The van der Waals surface area contributed by atoms with Crippen LogP contribution in [-0.2, 0) is 22.6 Å². The average molecular weight is 420 g/mol. The average Bonchev–Trinajstić information content (AvgIpc) is 2.79. The molecule has 2 aromatic carbocycles. The van der Waals surface area contributed by atoms with Gasteiger partial charge in [0.2, 0.25) is 5.91 Å². The van der Waals surface area contributed by atoms with Crippen LogP contribution in [0.3, 0.4) is 0 Å². The largest absolute Gasteiger partial charge is 0.370 e. The van der Waals surface area contributed by atoms with Crippen LogP contribution in [0.25, 0.3) is 10.9 Å². The van der Waals surface area contributed by atoms with Crippen LogP contribution >= 0.6 is 0 Å². The highest BCUT2D eigenvalue weighted by molar-refractivity contribution is 5.80. The Morgan fingerprint density at radius 2 is 1.77 bits per heavy atom. The number of nitrogens with one attached hydrogen (secondary N) is 1. The molecule has 1 N–H and O–H groups in total. The van der Waals surface area contributed by atoms with E-state index in [0.717, 1.165) is 38.4 Å². The summed E-state index contributed by atoms with van der Waals surface area (Å²) in [7, 11) is 0. The summed E-state index contributed by atoms with van der Waals surface area (Å²) in [6.45, 7) is 6.61. The number of ether oxygens (including phenoxy) is 1. The number of carbonyl (C=O) groups excluding carboxylic acids is 1. The molecule has 0 unspecified atom stereocenters. The Morgan fingerprint density at radius 3 is 2.55 bits per heavy atom. The van der Waals surface area contributed by atoms with Crippen molar-refractivity contribution in [2.24, 2.45) is 0 Å². The van der Waals surface area contributed by atoms with Gasteiger partial charge in [-0.3, -0.25) is 14.2 Å². The zero-order valence-corrected chi connectivity index (χ0v) is 17.7. The molecule has 1 amide bonds. The van der Waals surface area contributed by atoms with E-state index in [-0.39, 0.29) is 24.1 Å². The minimum Gasteiger partial charge on any atom is -0.370 e. The van der Waals surface area contributed by atoms with Gasteiger partial charge in [0.1, 0.15) is 38.0 Å². The van der Waals surface area contributed by atoms with E-state index in [0.29, 0.717) is 23.3 Å². The van der Waals surface area contributed by atoms with Crippen molar-refractivity contribution < 1.29 is 14.4 Å². The van der Waals surface area contributed by atoms with E-state index in [1.54, 1.807) is 6.07 Å².